The van der Waals surface area contributed by atoms with Gasteiger partial charge in [-0.3, -0.25) is 4.79 Å². The molecule has 1 aromatic carbocycles. The van der Waals surface area contributed by atoms with E-state index < -0.39 is 63.0 Å². The summed E-state index contributed by atoms with van der Waals surface area (Å²) >= 11 is 0. The van der Waals surface area contributed by atoms with Crippen LogP contribution in [0.2, 0.25) is 0 Å². The molecule has 0 bridgehead atoms. The van der Waals surface area contributed by atoms with Crippen molar-refractivity contribution in [2.24, 2.45) is 0 Å². The third-order valence-corrected chi connectivity index (χ3v) is 3.16. The minimum Gasteiger partial charge on any atom is -0.491 e. The third kappa shape index (κ3) is 2.64. The van der Waals surface area contributed by atoms with Crippen molar-refractivity contribution in [2.75, 3.05) is 12.8 Å². The van der Waals surface area contributed by atoms with Gasteiger partial charge >= 0.3 is 11.9 Å². The van der Waals surface area contributed by atoms with Crippen LogP contribution in [0.4, 0.5) is 14.6 Å². The van der Waals surface area contributed by atoms with Crippen molar-refractivity contribution in [2.45, 2.75) is 0 Å². The molecular weight excluding hydrogens is 330 g/mol. The number of ether oxygens (including phenoxy) is 1. The Bertz CT molecular complexity index is 899. The van der Waals surface area contributed by atoms with Crippen LogP contribution in [-0.4, -0.2) is 34.2 Å². The van der Waals surface area contributed by atoms with Gasteiger partial charge in [0.1, 0.15) is 16.9 Å². The Kier molecular flexibility index (Phi) is 4.22. The number of methoxy groups -OCH3 is 1. The zero-order chi connectivity index (χ0) is 18.2. The van der Waals surface area contributed by atoms with Gasteiger partial charge < -0.3 is 25.7 Å². The van der Waals surface area contributed by atoms with E-state index in [1.165, 1.54) is 0 Å². The summed E-state index contributed by atoms with van der Waals surface area (Å²) in [6.45, 7) is 0. The van der Waals surface area contributed by atoms with Crippen molar-refractivity contribution in [1.29, 1.82) is 0 Å². The Morgan fingerprint density at radius 3 is 2.04 bits per heavy atom. The monoisotopic (exact) mass is 340 g/mol. The van der Waals surface area contributed by atoms with Crippen molar-refractivity contribution in [3.63, 3.8) is 0 Å². The van der Waals surface area contributed by atoms with E-state index in [2.05, 4.69) is 4.74 Å². The van der Waals surface area contributed by atoms with Crippen molar-refractivity contribution >= 4 is 17.8 Å². The summed E-state index contributed by atoms with van der Waals surface area (Å²) in [6, 6.07) is 1.30. The normalized spacial score (nSPS) is 10.5. The smallest absolute Gasteiger partial charge is 0.342 e. The quantitative estimate of drug-likeness (QED) is 0.657. The summed E-state index contributed by atoms with van der Waals surface area (Å²) < 4.78 is 32.3. The molecule has 24 heavy (non-hydrogen) atoms. The van der Waals surface area contributed by atoms with Crippen LogP contribution in [0, 0.1) is 11.6 Å². The average Bonchev–Trinajstić information content (AvgIpc) is 2.44. The highest BCUT2D eigenvalue weighted by atomic mass is 19.1. The minimum atomic E-state index is -1.79. The standard InChI is InChI=1S/C14H10F2N2O6/c1-24-10-5(15)2-4(3-6(10)16)7-8(13(20)21)11(17)18-12(19)9(7)14(22)23/h2-3H,1H3,(H,20,21)(H,22,23)(H3,17,18,19). The Labute approximate surface area is 132 Å². The molecule has 0 saturated carbocycles. The van der Waals surface area contributed by atoms with E-state index in [1.807, 2.05) is 4.98 Å². The molecular formula is C14H10F2N2O6. The van der Waals surface area contributed by atoms with Gasteiger partial charge in [0, 0.05) is 5.56 Å². The molecule has 1 aromatic heterocycles. The lowest BCUT2D eigenvalue weighted by molar-refractivity contribution is 0.0695. The number of anilines is 1. The molecule has 0 spiro atoms. The fourth-order valence-corrected chi connectivity index (χ4v) is 2.23. The van der Waals surface area contributed by atoms with Crippen molar-refractivity contribution in [3.8, 4) is 16.9 Å². The number of nitrogens with one attached hydrogen (secondary N) is 1. The maximum Gasteiger partial charge on any atom is 0.342 e. The summed E-state index contributed by atoms with van der Waals surface area (Å²) in [4.78, 5) is 36.4. The highest BCUT2D eigenvalue weighted by Gasteiger charge is 2.28. The zero-order valence-corrected chi connectivity index (χ0v) is 12.0. The number of aromatic carboxylic acids is 2. The number of aromatic amines is 1. The molecule has 8 nitrogen and oxygen atoms in total. The van der Waals surface area contributed by atoms with E-state index in [1.54, 1.807) is 0 Å². The number of hydrogen-bond donors (Lipinski definition) is 4. The van der Waals surface area contributed by atoms with E-state index in [-0.39, 0.29) is 0 Å². The number of nitrogens with two attached hydrogens (primary N) is 1. The number of H-pyrrole nitrogens is 1. The molecule has 0 aliphatic rings. The number of aromatic nitrogens is 1. The Morgan fingerprint density at radius 1 is 1.12 bits per heavy atom. The molecule has 5 N–H and O–H groups in total. The highest BCUT2D eigenvalue weighted by molar-refractivity contribution is 6.07. The molecule has 2 rings (SSSR count). The second-order valence-electron chi connectivity index (χ2n) is 4.58. The molecule has 0 saturated heterocycles. The largest absolute Gasteiger partial charge is 0.491 e. The molecule has 0 unspecified atom stereocenters. The molecule has 10 heteroatoms. The van der Waals surface area contributed by atoms with Gasteiger partial charge in [-0.05, 0) is 17.7 Å². The lowest BCUT2D eigenvalue weighted by atomic mass is 9.95. The van der Waals surface area contributed by atoms with Crippen LogP contribution < -0.4 is 16.0 Å². The van der Waals surface area contributed by atoms with Crippen LogP contribution >= 0.6 is 0 Å². The highest BCUT2D eigenvalue weighted by Crippen LogP contribution is 2.33. The summed E-state index contributed by atoms with van der Waals surface area (Å²) in [5.74, 6) is -7.28. The predicted octanol–water partition coefficient (Wildman–Crippen LogP) is 1.31. The van der Waals surface area contributed by atoms with E-state index in [4.69, 9.17) is 5.73 Å². The first-order valence-electron chi connectivity index (χ1n) is 6.24. The number of rotatable bonds is 4. The molecule has 126 valence electrons. The van der Waals surface area contributed by atoms with Crippen molar-refractivity contribution < 1.29 is 33.3 Å². The van der Waals surface area contributed by atoms with Gasteiger partial charge in [-0.2, -0.15) is 0 Å². The molecule has 0 aliphatic heterocycles. The molecule has 0 amide bonds. The molecule has 0 radical (unpaired) electrons. The van der Waals surface area contributed by atoms with Crippen LogP contribution in [0.5, 0.6) is 5.75 Å². The number of carboxylic acids is 2. The van der Waals surface area contributed by atoms with Crippen molar-refractivity contribution in [1.82, 2.24) is 4.98 Å². The van der Waals surface area contributed by atoms with Gasteiger partial charge in [-0.1, -0.05) is 0 Å². The van der Waals surface area contributed by atoms with Gasteiger partial charge in [0.2, 0.25) is 0 Å². The first-order chi connectivity index (χ1) is 11.2. The summed E-state index contributed by atoms with van der Waals surface area (Å²) in [5, 5.41) is 18.4. The number of hydrogen-bond acceptors (Lipinski definition) is 5. The second-order valence-corrected chi connectivity index (χ2v) is 4.58. The minimum absolute atomic E-state index is 0.488. The number of carbonyl (C=O) groups is 2. The maximum absolute atomic E-state index is 13.9. The molecule has 0 aliphatic carbocycles. The molecule has 1 heterocycles. The third-order valence-electron chi connectivity index (χ3n) is 3.16. The molecule has 0 atom stereocenters. The van der Waals surface area contributed by atoms with E-state index >= 15 is 0 Å². The molecule has 0 fully saturated rings. The first-order valence-corrected chi connectivity index (χ1v) is 6.24. The van der Waals surface area contributed by atoms with Gasteiger partial charge in [0.25, 0.3) is 5.56 Å². The summed E-state index contributed by atoms with van der Waals surface area (Å²) in [7, 11) is 1.01. The number of nitrogen functional groups attached to an aromatic ring is 1. The van der Waals surface area contributed by atoms with E-state index in [9.17, 15) is 33.4 Å². The van der Waals surface area contributed by atoms with Gasteiger partial charge in [0.15, 0.2) is 17.4 Å². The van der Waals surface area contributed by atoms with E-state index in [0.717, 1.165) is 7.11 Å². The zero-order valence-electron chi connectivity index (χ0n) is 12.0. The Morgan fingerprint density at radius 2 is 1.62 bits per heavy atom. The van der Waals surface area contributed by atoms with Crippen LogP contribution in [0.15, 0.2) is 16.9 Å². The number of carboxylic acid groups (broad SMARTS) is 2. The van der Waals surface area contributed by atoms with Gasteiger partial charge in [-0.25, -0.2) is 18.4 Å². The van der Waals surface area contributed by atoms with Crippen LogP contribution in [0.25, 0.3) is 11.1 Å². The molecule has 2 aromatic rings. The number of benzene rings is 1. The first kappa shape index (κ1) is 16.9. The van der Waals surface area contributed by atoms with Gasteiger partial charge in [0.05, 0.1) is 7.11 Å². The lowest BCUT2D eigenvalue weighted by Gasteiger charge is -2.13. The van der Waals surface area contributed by atoms with E-state index in [0.29, 0.717) is 12.1 Å². The SMILES string of the molecule is COc1c(F)cc(-c2c(C(=O)O)c(N)[nH]c(=O)c2C(=O)O)cc1F. The van der Waals surface area contributed by atoms with Gasteiger partial charge in [-0.15, -0.1) is 0 Å². The summed E-state index contributed by atoms with van der Waals surface area (Å²) in [6.07, 6.45) is 0. The fourth-order valence-electron chi connectivity index (χ4n) is 2.23. The lowest BCUT2D eigenvalue weighted by Crippen LogP contribution is -2.24. The van der Waals surface area contributed by atoms with Crippen LogP contribution in [0.1, 0.15) is 20.7 Å². The maximum atomic E-state index is 13.9. The van der Waals surface area contributed by atoms with Crippen LogP contribution in [-0.2, 0) is 0 Å². The van der Waals surface area contributed by atoms with Crippen molar-refractivity contribution in [3.05, 3.63) is 45.2 Å². The van der Waals surface area contributed by atoms with Crippen LogP contribution in [0.3, 0.4) is 0 Å². The topological polar surface area (TPSA) is 143 Å². The second kappa shape index (κ2) is 5.99. The summed E-state index contributed by atoms with van der Waals surface area (Å²) in [5.41, 5.74) is 1.21. The fraction of sp³-hybridized carbons (Fsp3) is 0.0714. The Balaban J connectivity index is 3.00. The Hall–Kier alpha value is -3.43. The number of halogens is 2. The predicted molar refractivity (Wildman–Crippen MR) is 77.3 cm³/mol. The average molecular weight is 340 g/mol. The number of pyridine rings is 1.